The van der Waals surface area contributed by atoms with Crippen molar-refractivity contribution in [2.24, 2.45) is 0 Å². The predicted octanol–water partition coefficient (Wildman–Crippen LogP) is 1.15. The fourth-order valence-corrected chi connectivity index (χ4v) is 1.65. The number of nitrogens with zero attached hydrogens (tertiary/aromatic N) is 4. The van der Waals surface area contributed by atoms with E-state index in [1.54, 1.807) is 23.1 Å². The molecule has 6 nitrogen and oxygen atoms in total. The monoisotopic (exact) mass is 265 g/mol. The minimum Gasteiger partial charge on any atom is -0.352 e. The molecule has 94 valence electrons. The van der Waals surface area contributed by atoms with Gasteiger partial charge in [-0.25, -0.2) is 0 Å². The van der Waals surface area contributed by atoms with Gasteiger partial charge in [-0.2, -0.15) is 0 Å². The Morgan fingerprint density at radius 3 is 3.06 bits per heavy atom. The summed E-state index contributed by atoms with van der Waals surface area (Å²) in [6.07, 6.45) is 7.16. The number of rotatable bonds is 5. The number of nitrogens with one attached hydrogen (secondary N) is 1. The van der Waals surface area contributed by atoms with Gasteiger partial charge in [-0.1, -0.05) is 16.8 Å². The lowest BCUT2D eigenvalue weighted by atomic mass is 10.2. The molecule has 2 aromatic heterocycles. The molecule has 0 atom stereocenters. The number of hydrogen-bond acceptors (Lipinski definition) is 4. The average Bonchev–Trinajstić information content (AvgIpc) is 2.88. The summed E-state index contributed by atoms with van der Waals surface area (Å²) >= 11 is 5.87. The molecule has 0 fully saturated rings. The number of aryl methyl sites for hydroxylation is 1. The van der Waals surface area contributed by atoms with E-state index in [0.717, 1.165) is 6.42 Å². The molecule has 7 heteroatoms. The summed E-state index contributed by atoms with van der Waals surface area (Å²) in [5.74, 6) is -0.194. The Labute approximate surface area is 109 Å². The third-order valence-corrected chi connectivity index (χ3v) is 2.64. The van der Waals surface area contributed by atoms with Crippen LogP contribution in [0.4, 0.5) is 0 Å². The summed E-state index contributed by atoms with van der Waals surface area (Å²) < 4.78 is 1.71. The molecule has 0 aromatic carbocycles. The van der Waals surface area contributed by atoms with Gasteiger partial charge in [-0.3, -0.25) is 14.5 Å². The highest BCUT2D eigenvalue weighted by molar-refractivity contribution is 6.33. The van der Waals surface area contributed by atoms with E-state index < -0.39 is 0 Å². The number of halogens is 1. The van der Waals surface area contributed by atoms with E-state index in [9.17, 15) is 4.79 Å². The second kappa shape index (κ2) is 6.11. The molecule has 0 saturated carbocycles. The normalized spacial score (nSPS) is 10.3. The first kappa shape index (κ1) is 12.5. The number of aromatic nitrogens is 4. The minimum absolute atomic E-state index is 0.194. The van der Waals surface area contributed by atoms with Gasteiger partial charge in [0, 0.05) is 31.7 Å². The lowest BCUT2D eigenvalue weighted by molar-refractivity contribution is 0.0952. The molecule has 0 spiro atoms. The predicted molar refractivity (Wildman–Crippen MR) is 66.2 cm³/mol. The molecule has 2 rings (SSSR count). The molecule has 0 aliphatic carbocycles. The molecule has 0 radical (unpaired) electrons. The fraction of sp³-hybridized carbons (Fsp3) is 0.273. The van der Waals surface area contributed by atoms with Gasteiger partial charge in [-0.15, -0.1) is 5.10 Å². The first-order chi connectivity index (χ1) is 8.77. The topological polar surface area (TPSA) is 72.7 Å². The van der Waals surface area contributed by atoms with Crippen molar-refractivity contribution in [2.75, 3.05) is 6.54 Å². The molecule has 2 heterocycles. The zero-order chi connectivity index (χ0) is 12.8. The highest BCUT2D eigenvalue weighted by atomic mass is 35.5. The molecule has 0 saturated heterocycles. The summed E-state index contributed by atoms with van der Waals surface area (Å²) in [5, 5.41) is 10.7. The molecular formula is C11H12ClN5O. The Kier molecular flexibility index (Phi) is 4.25. The third-order valence-electron chi connectivity index (χ3n) is 2.34. The van der Waals surface area contributed by atoms with Gasteiger partial charge in [0.25, 0.3) is 5.91 Å². The standard InChI is InChI=1S/C11H12ClN5O/c12-10-8-13-4-2-9(10)11(18)14-3-1-6-17-7-5-15-16-17/h2,4-5,7-8H,1,3,6H2,(H,14,18). The summed E-state index contributed by atoms with van der Waals surface area (Å²) in [6.45, 7) is 1.27. The molecule has 0 unspecified atom stereocenters. The summed E-state index contributed by atoms with van der Waals surface area (Å²) in [5.41, 5.74) is 0.437. The fourth-order valence-electron chi connectivity index (χ4n) is 1.45. The van der Waals surface area contributed by atoms with Crippen LogP contribution in [0.1, 0.15) is 16.8 Å². The van der Waals surface area contributed by atoms with Gasteiger partial charge in [0.05, 0.1) is 16.8 Å². The quantitative estimate of drug-likeness (QED) is 0.823. The highest BCUT2D eigenvalue weighted by Crippen LogP contribution is 2.12. The van der Waals surface area contributed by atoms with Crippen LogP contribution in [0.25, 0.3) is 0 Å². The van der Waals surface area contributed by atoms with E-state index in [2.05, 4.69) is 20.6 Å². The highest BCUT2D eigenvalue weighted by Gasteiger charge is 2.08. The minimum atomic E-state index is -0.194. The average molecular weight is 266 g/mol. The van der Waals surface area contributed by atoms with Crippen LogP contribution in [0.3, 0.4) is 0 Å². The Bertz CT molecular complexity index is 514. The maximum atomic E-state index is 11.8. The SMILES string of the molecule is O=C(NCCCn1ccnn1)c1ccncc1Cl. The van der Waals surface area contributed by atoms with Crippen molar-refractivity contribution in [1.29, 1.82) is 0 Å². The zero-order valence-corrected chi connectivity index (χ0v) is 10.3. The Morgan fingerprint density at radius 1 is 1.44 bits per heavy atom. The van der Waals surface area contributed by atoms with Crippen molar-refractivity contribution in [3.05, 3.63) is 41.4 Å². The summed E-state index contributed by atoms with van der Waals surface area (Å²) in [7, 11) is 0. The second-order valence-corrected chi connectivity index (χ2v) is 4.04. The van der Waals surface area contributed by atoms with Gasteiger partial charge in [0.1, 0.15) is 0 Å². The number of hydrogen-bond donors (Lipinski definition) is 1. The molecule has 1 N–H and O–H groups in total. The molecular weight excluding hydrogens is 254 g/mol. The van der Waals surface area contributed by atoms with E-state index in [1.807, 2.05) is 0 Å². The van der Waals surface area contributed by atoms with E-state index in [-0.39, 0.29) is 5.91 Å². The molecule has 0 bridgehead atoms. The van der Waals surface area contributed by atoms with Gasteiger partial charge in [0.2, 0.25) is 0 Å². The lowest BCUT2D eigenvalue weighted by Gasteiger charge is -2.06. The van der Waals surface area contributed by atoms with Crippen LogP contribution >= 0.6 is 11.6 Å². The number of pyridine rings is 1. The van der Waals surface area contributed by atoms with Crippen LogP contribution < -0.4 is 5.32 Å². The van der Waals surface area contributed by atoms with Crippen LogP contribution in [0.2, 0.25) is 5.02 Å². The number of carbonyl (C=O) groups is 1. The number of carbonyl (C=O) groups excluding carboxylic acids is 1. The van der Waals surface area contributed by atoms with Crippen molar-refractivity contribution in [3.8, 4) is 0 Å². The molecule has 2 aromatic rings. The smallest absolute Gasteiger partial charge is 0.252 e. The Morgan fingerprint density at radius 2 is 2.33 bits per heavy atom. The number of amides is 1. The molecule has 1 amide bonds. The van der Waals surface area contributed by atoms with Crippen molar-refractivity contribution in [2.45, 2.75) is 13.0 Å². The van der Waals surface area contributed by atoms with E-state index in [1.165, 1.54) is 12.4 Å². The van der Waals surface area contributed by atoms with E-state index in [4.69, 9.17) is 11.6 Å². The van der Waals surface area contributed by atoms with Crippen LogP contribution in [0.5, 0.6) is 0 Å². The Hall–Kier alpha value is -1.95. The molecule has 0 aliphatic rings. The van der Waals surface area contributed by atoms with Crippen LogP contribution in [-0.4, -0.2) is 32.4 Å². The molecule has 0 aliphatic heterocycles. The van der Waals surface area contributed by atoms with Gasteiger partial charge < -0.3 is 5.32 Å². The van der Waals surface area contributed by atoms with Crippen LogP contribution in [-0.2, 0) is 6.54 Å². The third kappa shape index (κ3) is 3.27. The van der Waals surface area contributed by atoms with Crippen LogP contribution in [0.15, 0.2) is 30.9 Å². The van der Waals surface area contributed by atoms with E-state index in [0.29, 0.717) is 23.7 Å². The maximum absolute atomic E-state index is 11.8. The van der Waals surface area contributed by atoms with Gasteiger partial charge in [-0.05, 0) is 12.5 Å². The van der Waals surface area contributed by atoms with Crippen molar-refractivity contribution in [1.82, 2.24) is 25.3 Å². The first-order valence-electron chi connectivity index (χ1n) is 5.49. The van der Waals surface area contributed by atoms with Crippen molar-refractivity contribution in [3.63, 3.8) is 0 Å². The Balaban J connectivity index is 1.77. The zero-order valence-electron chi connectivity index (χ0n) is 9.58. The lowest BCUT2D eigenvalue weighted by Crippen LogP contribution is -2.25. The van der Waals surface area contributed by atoms with Gasteiger partial charge >= 0.3 is 0 Å². The summed E-state index contributed by atoms with van der Waals surface area (Å²) in [6, 6.07) is 1.59. The largest absolute Gasteiger partial charge is 0.352 e. The van der Waals surface area contributed by atoms with Crippen molar-refractivity contribution < 1.29 is 4.79 Å². The summed E-state index contributed by atoms with van der Waals surface area (Å²) in [4.78, 5) is 15.6. The first-order valence-corrected chi connectivity index (χ1v) is 5.87. The van der Waals surface area contributed by atoms with Crippen LogP contribution in [0, 0.1) is 0 Å². The van der Waals surface area contributed by atoms with Crippen molar-refractivity contribution >= 4 is 17.5 Å². The van der Waals surface area contributed by atoms with Gasteiger partial charge in [0.15, 0.2) is 0 Å². The molecule has 18 heavy (non-hydrogen) atoms. The maximum Gasteiger partial charge on any atom is 0.252 e. The van der Waals surface area contributed by atoms with E-state index >= 15 is 0 Å². The second-order valence-electron chi connectivity index (χ2n) is 3.63.